The summed E-state index contributed by atoms with van der Waals surface area (Å²) in [5, 5.41) is 15.2. The van der Waals surface area contributed by atoms with Gasteiger partial charge in [-0.25, -0.2) is 4.79 Å². The van der Waals surface area contributed by atoms with Crippen LogP contribution in [0.5, 0.6) is 0 Å². The third kappa shape index (κ3) is 5.13. The van der Waals surface area contributed by atoms with Crippen molar-refractivity contribution in [2.24, 2.45) is 5.92 Å². The molecule has 2 rings (SSSR count). The first-order valence-corrected chi connectivity index (χ1v) is 8.41. The average Bonchev–Trinajstić information content (AvgIpc) is 2.54. The number of carbonyl (C=O) groups excluding carboxylic acids is 1. The molecule has 0 spiro atoms. The van der Waals surface area contributed by atoms with Crippen LogP contribution in [0.4, 0.5) is 10.5 Å². The number of nitrogens with one attached hydrogen (secondary N) is 2. The van der Waals surface area contributed by atoms with Crippen LogP contribution in [0.25, 0.3) is 0 Å². The fraction of sp³-hybridized carbons (Fsp3) is 0.611. The van der Waals surface area contributed by atoms with Gasteiger partial charge in [0.25, 0.3) is 0 Å². The summed E-state index contributed by atoms with van der Waals surface area (Å²) in [6.45, 7) is 2.85. The van der Waals surface area contributed by atoms with Gasteiger partial charge in [-0.3, -0.25) is 0 Å². The lowest BCUT2D eigenvalue weighted by Gasteiger charge is -2.28. The van der Waals surface area contributed by atoms with Gasteiger partial charge in [0.2, 0.25) is 0 Å². The van der Waals surface area contributed by atoms with E-state index in [2.05, 4.69) is 40.7 Å². The minimum Gasteiger partial charge on any atom is -0.396 e. The number of carbonyl (C=O) groups is 1. The standard InChI is InChI=1S/C18H29N3O2/c1-13-4-7-15(17(10-13)21(2)3)11-19-18(23)20-16-8-5-14(12-22)6-9-16/h4,7,10,14,16,22H,5-6,8-9,11-12H2,1-3H3,(H2,19,20,23). The number of aliphatic hydroxyl groups excluding tert-OH is 1. The fourth-order valence-corrected chi connectivity index (χ4v) is 3.14. The highest BCUT2D eigenvalue weighted by Crippen LogP contribution is 2.23. The molecule has 128 valence electrons. The average molecular weight is 319 g/mol. The number of hydrogen-bond donors (Lipinski definition) is 3. The van der Waals surface area contributed by atoms with Crippen LogP contribution in [-0.4, -0.2) is 37.9 Å². The van der Waals surface area contributed by atoms with E-state index in [1.54, 1.807) is 0 Å². The summed E-state index contributed by atoms with van der Waals surface area (Å²) in [4.78, 5) is 14.2. The topological polar surface area (TPSA) is 64.6 Å². The Hall–Kier alpha value is -1.75. The summed E-state index contributed by atoms with van der Waals surface area (Å²) in [6.07, 6.45) is 3.88. The van der Waals surface area contributed by atoms with Crippen LogP contribution in [0.1, 0.15) is 36.8 Å². The SMILES string of the molecule is Cc1ccc(CNC(=O)NC2CCC(CO)CC2)c(N(C)C)c1. The van der Waals surface area contributed by atoms with Gasteiger partial charge in [-0.1, -0.05) is 12.1 Å². The quantitative estimate of drug-likeness (QED) is 0.781. The Bertz CT molecular complexity index is 523. The molecule has 1 aliphatic carbocycles. The van der Waals surface area contributed by atoms with E-state index in [1.165, 1.54) is 5.56 Å². The fourth-order valence-electron chi connectivity index (χ4n) is 3.14. The molecule has 2 amide bonds. The van der Waals surface area contributed by atoms with Crippen molar-refractivity contribution in [1.82, 2.24) is 10.6 Å². The number of urea groups is 1. The maximum absolute atomic E-state index is 12.1. The second-order valence-corrected chi connectivity index (χ2v) is 6.75. The van der Waals surface area contributed by atoms with Gasteiger partial charge in [-0.2, -0.15) is 0 Å². The summed E-state index contributed by atoms with van der Waals surface area (Å²) in [5.74, 6) is 0.409. The molecule has 1 saturated carbocycles. The molecule has 0 saturated heterocycles. The summed E-state index contributed by atoms with van der Waals surface area (Å²) < 4.78 is 0. The largest absolute Gasteiger partial charge is 0.396 e. The normalized spacial score (nSPS) is 20.9. The Morgan fingerprint density at radius 2 is 1.96 bits per heavy atom. The number of nitrogens with zero attached hydrogens (tertiary/aromatic N) is 1. The minimum absolute atomic E-state index is 0.109. The van der Waals surface area contributed by atoms with Crippen LogP contribution in [0.2, 0.25) is 0 Å². The molecule has 3 N–H and O–H groups in total. The minimum atomic E-state index is -0.109. The molecule has 1 aromatic rings. The van der Waals surface area contributed by atoms with E-state index in [1.807, 2.05) is 14.1 Å². The van der Waals surface area contributed by atoms with Gasteiger partial charge in [-0.15, -0.1) is 0 Å². The van der Waals surface area contributed by atoms with Crippen molar-refractivity contribution >= 4 is 11.7 Å². The van der Waals surface area contributed by atoms with Crippen LogP contribution in [0, 0.1) is 12.8 Å². The van der Waals surface area contributed by atoms with Crippen molar-refractivity contribution in [2.75, 3.05) is 25.6 Å². The highest BCUT2D eigenvalue weighted by Gasteiger charge is 2.21. The molecule has 0 atom stereocenters. The Morgan fingerprint density at radius 3 is 2.57 bits per heavy atom. The molecule has 0 aromatic heterocycles. The predicted octanol–water partition coefficient (Wildman–Crippen LogP) is 2.41. The second kappa shape index (κ2) is 8.20. The second-order valence-electron chi connectivity index (χ2n) is 6.75. The first kappa shape index (κ1) is 17.6. The highest BCUT2D eigenvalue weighted by atomic mass is 16.3. The van der Waals surface area contributed by atoms with Gasteiger partial charge in [0.15, 0.2) is 0 Å². The Balaban J connectivity index is 1.83. The third-order valence-electron chi connectivity index (χ3n) is 4.60. The van der Waals surface area contributed by atoms with E-state index in [0.717, 1.165) is 36.9 Å². The maximum atomic E-state index is 12.1. The van der Waals surface area contributed by atoms with Crippen LogP contribution in [-0.2, 0) is 6.54 Å². The van der Waals surface area contributed by atoms with E-state index >= 15 is 0 Å². The van der Waals surface area contributed by atoms with Gasteiger partial charge < -0.3 is 20.6 Å². The predicted molar refractivity (Wildman–Crippen MR) is 93.7 cm³/mol. The molecular formula is C18H29N3O2. The highest BCUT2D eigenvalue weighted by molar-refractivity contribution is 5.74. The van der Waals surface area contributed by atoms with E-state index in [-0.39, 0.29) is 18.7 Å². The van der Waals surface area contributed by atoms with Crippen molar-refractivity contribution in [2.45, 2.75) is 45.2 Å². The van der Waals surface area contributed by atoms with E-state index < -0.39 is 0 Å². The zero-order valence-corrected chi connectivity index (χ0v) is 14.4. The van der Waals surface area contributed by atoms with Gasteiger partial charge in [0.05, 0.1) is 0 Å². The van der Waals surface area contributed by atoms with E-state index in [9.17, 15) is 4.79 Å². The lowest BCUT2D eigenvalue weighted by molar-refractivity contribution is 0.174. The molecule has 5 heteroatoms. The zero-order chi connectivity index (χ0) is 16.8. The summed E-state index contributed by atoms with van der Waals surface area (Å²) >= 11 is 0. The van der Waals surface area contributed by atoms with Crippen molar-refractivity contribution in [3.8, 4) is 0 Å². The van der Waals surface area contributed by atoms with Gasteiger partial charge in [0, 0.05) is 39.0 Å². The number of anilines is 1. The van der Waals surface area contributed by atoms with Crippen molar-refractivity contribution in [3.63, 3.8) is 0 Å². The number of aryl methyl sites for hydroxylation is 1. The van der Waals surface area contributed by atoms with Gasteiger partial charge in [-0.05, 0) is 55.7 Å². The number of benzene rings is 1. The molecule has 1 aromatic carbocycles. The molecule has 23 heavy (non-hydrogen) atoms. The van der Waals surface area contributed by atoms with Gasteiger partial charge >= 0.3 is 6.03 Å². The number of aliphatic hydroxyl groups is 1. The molecule has 1 fully saturated rings. The Morgan fingerprint density at radius 1 is 1.26 bits per heavy atom. The maximum Gasteiger partial charge on any atom is 0.315 e. The van der Waals surface area contributed by atoms with Crippen molar-refractivity contribution in [1.29, 1.82) is 0 Å². The molecule has 0 unspecified atom stereocenters. The summed E-state index contributed by atoms with van der Waals surface area (Å²) in [7, 11) is 4.02. The van der Waals surface area contributed by atoms with Crippen molar-refractivity contribution < 1.29 is 9.90 Å². The molecule has 0 heterocycles. The number of rotatable bonds is 5. The lowest BCUT2D eigenvalue weighted by atomic mass is 9.87. The van der Waals surface area contributed by atoms with E-state index in [0.29, 0.717) is 12.5 Å². The monoisotopic (exact) mass is 319 g/mol. The molecule has 5 nitrogen and oxygen atoms in total. The smallest absolute Gasteiger partial charge is 0.315 e. The van der Waals surface area contributed by atoms with Gasteiger partial charge in [0.1, 0.15) is 0 Å². The van der Waals surface area contributed by atoms with Crippen LogP contribution < -0.4 is 15.5 Å². The third-order valence-corrected chi connectivity index (χ3v) is 4.60. The first-order chi connectivity index (χ1) is 11.0. The Labute approximate surface area is 139 Å². The van der Waals surface area contributed by atoms with Crippen molar-refractivity contribution in [3.05, 3.63) is 29.3 Å². The van der Waals surface area contributed by atoms with Crippen LogP contribution >= 0.6 is 0 Å². The lowest BCUT2D eigenvalue weighted by Crippen LogP contribution is -2.43. The molecule has 0 aliphatic heterocycles. The molecule has 1 aliphatic rings. The summed E-state index contributed by atoms with van der Waals surface area (Å²) in [6, 6.07) is 6.38. The van der Waals surface area contributed by atoms with Crippen LogP contribution in [0.3, 0.4) is 0 Å². The Kier molecular flexibility index (Phi) is 6.28. The number of hydrogen-bond acceptors (Lipinski definition) is 3. The molecular weight excluding hydrogens is 290 g/mol. The zero-order valence-electron chi connectivity index (χ0n) is 14.4. The molecule has 0 bridgehead atoms. The molecule has 0 radical (unpaired) electrons. The summed E-state index contributed by atoms with van der Waals surface area (Å²) in [5.41, 5.74) is 3.45. The van der Waals surface area contributed by atoms with Crippen LogP contribution in [0.15, 0.2) is 18.2 Å². The first-order valence-electron chi connectivity index (χ1n) is 8.41. The van der Waals surface area contributed by atoms with E-state index in [4.69, 9.17) is 5.11 Å². The number of amides is 2.